The van der Waals surface area contributed by atoms with Crippen LogP contribution in [0.4, 0.5) is 13.2 Å². The predicted molar refractivity (Wildman–Crippen MR) is 81.6 cm³/mol. The molecule has 0 radical (unpaired) electrons. The van der Waals surface area contributed by atoms with E-state index in [1.165, 1.54) is 4.90 Å². The molecule has 0 spiro atoms. The molecule has 2 rings (SSSR count). The number of piperazine rings is 1. The number of aromatic nitrogens is 1. The lowest BCUT2D eigenvalue weighted by molar-refractivity contribution is -0.182. The minimum absolute atomic E-state index is 0.114. The van der Waals surface area contributed by atoms with Gasteiger partial charge in [-0.05, 0) is 6.07 Å². The van der Waals surface area contributed by atoms with Gasteiger partial charge in [0.05, 0.1) is 7.11 Å². The first-order chi connectivity index (χ1) is 11.6. The summed E-state index contributed by atoms with van der Waals surface area (Å²) in [7, 11) is -3.08. The van der Waals surface area contributed by atoms with E-state index in [-0.39, 0.29) is 23.7 Å². The van der Waals surface area contributed by atoms with E-state index in [0.717, 1.165) is 19.4 Å². The van der Waals surface area contributed by atoms with E-state index >= 15 is 0 Å². The topological polar surface area (TPSA) is 104 Å². The Morgan fingerprint density at radius 2 is 2.04 bits per heavy atom. The van der Waals surface area contributed by atoms with Crippen molar-refractivity contribution in [2.24, 2.45) is 0 Å². The van der Waals surface area contributed by atoms with Crippen molar-refractivity contribution in [2.75, 3.05) is 39.8 Å². The van der Waals surface area contributed by atoms with E-state index in [2.05, 4.69) is 15.0 Å². The Labute approximate surface area is 142 Å². The fraction of sp³-hybridized carbons (Fsp3) is 0.615. The number of ether oxygens (including phenoxy) is 1. The summed E-state index contributed by atoms with van der Waals surface area (Å²) in [4.78, 5) is 14.6. The molecule has 1 aliphatic heterocycles. The van der Waals surface area contributed by atoms with E-state index in [1.54, 1.807) is 0 Å². The molecular formula is C13H19F3N4O4S. The number of sulfonamides is 1. The predicted octanol–water partition coefficient (Wildman–Crippen LogP) is -0.0843. The van der Waals surface area contributed by atoms with Gasteiger partial charge >= 0.3 is 12.1 Å². The van der Waals surface area contributed by atoms with Crippen LogP contribution >= 0.6 is 0 Å². The Morgan fingerprint density at radius 3 is 2.60 bits per heavy atom. The molecular weight excluding hydrogens is 365 g/mol. The fourth-order valence-electron chi connectivity index (χ4n) is 2.48. The molecule has 0 saturated carbocycles. The standard InChI is InChI=1S/C13H19F3N4O4S/c1-24-12(21)10-6-9(7-18-10)25(22,23)19-8-11(13(14,15)16)20-4-2-17-3-5-20/h6-7,11,17-19H,2-5,8H2,1H3. The summed E-state index contributed by atoms with van der Waals surface area (Å²) in [5, 5.41) is 2.94. The molecule has 25 heavy (non-hydrogen) atoms. The van der Waals surface area contributed by atoms with Gasteiger partial charge in [0.2, 0.25) is 10.0 Å². The first kappa shape index (κ1) is 19.7. The van der Waals surface area contributed by atoms with E-state index in [0.29, 0.717) is 13.1 Å². The lowest BCUT2D eigenvalue weighted by atomic mass is 10.2. The van der Waals surface area contributed by atoms with Gasteiger partial charge in [0.15, 0.2) is 0 Å². The molecule has 1 unspecified atom stereocenters. The van der Waals surface area contributed by atoms with Gasteiger partial charge in [-0.1, -0.05) is 0 Å². The molecule has 1 aromatic rings. The van der Waals surface area contributed by atoms with Gasteiger partial charge in [0.25, 0.3) is 0 Å². The highest BCUT2D eigenvalue weighted by Crippen LogP contribution is 2.25. The Morgan fingerprint density at radius 1 is 1.40 bits per heavy atom. The van der Waals surface area contributed by atoms with Crippen molar-refractivity contribution < 1.29 is 31.1 Å². The monoisotopic (exact) mass is 384 g/mol. The molecule has 0 aliphatic carbocycles. The molecule has 1 aromatic heterocycles. The number of aromatic amines is 1. The van der Waals surface area contributed by atoms with Crippen LogP contribution in [0.15, 0.2) is 17.2 Å². The van der Waals surface area contributed by atoms with Gasteiger partial charge in [-0.3, -0.25) is 4.90 Å². The molecule has 12 heteroatoms. The van der Waals surface area contributed by atoms with Crippen LogP contribution in [-0.4, -0.2) is 76.3 Å². The number of carbonyl (C=O) groups excluding carboxylic acids is 1. The summed E-state index contributed by atoms with van der Waals surface area (Å²) in [6, 6.07) is -0.926. The third kappa shape index (κ3) is 4.93. The van der Waals surface area contributed by atoms with Crippen molar-refractivity contribution in [1.82, 2.24) is 19.9 Å². The number of esters is 1. The number of halogens is 3. The van der Waals surface area contributed by atoms with Crippen LogP contribution in [0.5, 0.6) is 0 Å². The molecule has 0 amide bonds. The zero-order valence-corrected chi connectivity index (χ0v) is 14.2. The van der Waals surface area contributed by atoms with Crippen molar-refractivity contribution in [3.63, 3.8) is 0 Å². The van der Waals surface area contributed by atoms with Crippen LogP contribution in [0.2, 0.25) is 0 Å². The van der Waals surface area contributed by atoms with Gasteiger partial charge < -0.3 is 15.0 Å². The highest BCUT2D eigenvalue weighted by molar-refractivity contribution is 7.89. The number of nitrogens with zero attached hydrogens (tertiary/aromatic N) is 1. The highest BCUT2D eigenvalue weighted by Gasteiger charge is 2.44. The van der Waals surface area contributed by atoms with Crippen molar-refractivity contribution in [2.45, 2.75) is 17.1 Å². The Kier molecular flexibility index (Phi) is 6.08. The van der Waals surface area contributed by atoms with Gasteiger partial charge in [-0.2, -0.15) is 13.2 Å². The van der Waals surface area contributed by atoms with Crippen molar-refractivity contribution >= 4 is 16.0 Å². The second kappa shape index (κ2) is 7.72. The number of methoxy groups -OCH3 is 1. The molecule has 2 heterocycles. The molecule has 142 valence electrons. The van der Waals surface area contributed by atoms with E-state index in [9.17, 15) is 26.4 Å². The highest BCUT2D eigenvalue weighted by atomic mass is 32.2. The summed E-state index contributed by atoms with van der Waals surface area (Å²) in [5.74, 6) is -0.782. The number of hydrogen-bond donors (Lipinski definition) is 3. The molecule has 8 nitrogen and oxygen atoms in total. The summed E-state index contributed by atoms with van der Waals surface area (Å²) in [5.41, 5.74) is -0.114. The summed E-state index contributed by atoms with van der Waals surface area (Å²) < 4.78 is 70.6. The minimum Gasteiger partial charge on any atom is -0.464 e. The van der Waals surface area contributed by atoms with Crippen molar-refractivity contribution in [3.05, 3.63) is 18.0 Å². The van der Waals surface area contributed by atoms with E-state index < -0.39 is 34.8 Å². The van der Waals surface area contributed by atoms with Crippen LogP contribution in [0.1, 0.15) is 10.5 Å². The average molecular weight is 384 g/mol. The van der Waals surface area contributed by atoms with Crippen LogP contribution in [0.3, 0.4) is 0 Å². The third-order valence-electron chi connectivity index (χ3n) is 3.81. The zero-order chi connectivity index (χ0) is 18.7. The lowest BCUT2D eigenvalue weighted by Gasteiger charge is -2.35. The largest absolute Gasteiger partial charge is 0.464 e. The number of alkyl halides is 3. The Balaban J connectivity index is 2.10. The van der Waals surface area contributed by atoms with E-state index in [1.807, 2.05) is 4.72 Å². The Bertz CT molecular complexity index is 698. The van der Waals surface area contributed by atoms with E-state index in [4.69, 9.17) is 0 Å². The van der Waals surface area contributed by atoms with Crippen LogP contribution in [-0.2, 0) is 14.8 Å². The summed E-state index contributed by atoms with van der Waals surface area (Å²) >= 11 is 0. The van der Waals surface area contributed by atoms with Gasteiger partial charge in [-0.25, -0.2) is 17.9 Å². The van der Waals surface area contributed by atoms with Gasteiger partial charge in [-0.15, -0.1) is 0 Å². The maximum atomic E-state index is 13.3. The first-order valence-electron chi connectivity index (χ1n) is 7.43. The second-order valence-electron chi connectivity index (χ2n) is 5.44. The second-order valence-corrected chi connectivity index (χ2v) is 7.20. The van der Waals surface area contributed by atoms with Crippen LogP contribution < -0.4 is 10.0 Å². The Hall–Kier alpha value is -1.63. The van der Waals surface area contributed by atoms with Crippen LogP contribution in [0.25, 0.3) is 0 Å². The van der Waals surface area contributed by atoms with Gasteiger partial charge in [0, 0.05) is 38.9 Å². The zero-order valence-electron chi connectivity index (χ0n) is 13.4. The SMILES string of the molecule is COC(=O)c1cc(S(=O)(=O)NCC(N2CCNCC2)C(F)(F)F)c[nH]1. The maximum absolute atomic E-state index is 13.3. The fourth-order valence-corrected chi connectivity index (χ4v) is 3.51. The van der Waals surface area contributed by atoms with Gasteiger partial charge in [0.1, 0.15) is 16.6 Å². The first-order valence-corrected chi connectivity index (χ1v) is 8.91. The summed E-state index contributed by atoms with van der Waals surface area (Å²) in [6.45, 7) is 0.328. The molecule has 1 saturated heterocycles. The number of carbonyl (C=O) groups is 1. The van der Waals surface area contributed by atoms with Crippen molar-refractivity contribution in [3.8, 4) is 0 Å². The number of nitrogens with one attached hydrogen (secondary N) is 3. The molecule has 1 aliphatic rings. The summed E-state index contributed by atoms with van der Waals surface area (Å²) in [6.07, 6.45) is -3.56. The quantitative estimate of drug-likeness (QED) is 0.593. The lowest BCUT2D eigenvalue weighted by Crippen LogP contribution is -2.57. The minimum atomic E-state index is -4.57. The third-order valence-corrected chi connectivity index (χ3v) is 5.21. The van der Waals surface area contributed by atoms with Crippen LogP contribution in [0, 0.1) is 0 Å². The number of H-pyrrole nitrogens is 1. The van der Waals surface area contributed by atoms with Crippen molar-refractivity contribution in [1.29, 1.82) is 0 Å². The average Bonchev–Trinajstić information content (AvgIpc) is 3.05. The smallest absolute Gasteiger partial charge is 0.405 e. The number of hydrogen-bond acceptors (Lipinski definition) is 6. The normalized spacial score (nSPS) is 18.1. The molecule has 1 fully saturated rings. The number of rotatable bonds is 6. The maximum Gasteiger partial charge on any atom is 0.405 e. The molecule has 3 N–H and O–H groups in total. The molecule has 1 atom stereocenters. The molecule has 0 bridgehead atoms. The molecule has 0 aromatic carbocycles.